The second-order valence-corrected chi connectivity index (χ2v) is 8.55. The van der Waals surface area contributed by atoms with Gasteiger partial charge in [0.25, 0.3) is 0 Å². The predicted octanol–water partition coefficient (Wildman–Crippen LogP) is 5.97. The summed E-state index contributed by atoms with van der Waals surface area (Å²) in [5.41, 5.74) is 2.59. The van der Waals surface area contributed by atoms with Crippen molar-refractivity contribution in [2.24, 2.45) is 16.8 Å². The van der Waals surface area contributed by atoms with E-state index in [1.165, 1.54) is 19.3 Å². The number of carbonyl (C=O) groups excluding carboxylic acids is 1. The normalized spacial score (nSPS) is 16.9. The number of hydrogen-bond donors (Lipinski definition) is 2. The fraction of sp³-hybridized carbons (Fsp3) is 0.560. The average Bonchev–Trinajstić information content (AvgIpc) is 2.71. The van der Waals surface area contributed by atoms with Crippen LogP contribution in [-0.4, -0.2) is 23.4 Å². The monoisotopic (exact) mass is 395 g/mol. The van der Waals surface area contributed by atoms with Crippen molar-refractivity contribution in [3.8, 4) is 0 Å². The Balaban J connectivity index is 2.01. The van der Waals surface area contributed by atoms with E-state index in [0.717, 1.165) is 36.2 Å². The third-order valence-electron chi connectivity index (χ3n) is 5.59. The van der Waals surface area contributed by atoms with E-state index >= 15 is 0 Å². The van der Waals surface area contributed by atoms with E-state index in [4.69, 9.17) is 10.4 Å². The fourth-order valence-electron chi connectivity index (χ4n) is 3.57. The lowest BCUT2D eigenvalue weighted by atomic mass is 9.94. The molecule has 2 N–H and O–H groups in total. The number of Topliss-reactive ketones (excluding diaryl/α,β-unsaturated/α-hetero) is 1. The Bertz CT molecular complexity index is 725. The number of rotatable bonds is 9. The topological polar surface area (TPSA) is 65.3 Å². The summed E-state index contributed by atoms with van der Waals surface area (Å²) in [5, 5.41) is 12.0. The highest BCUT2D eigenvalue weighted by atomic mass is 16.1. The first-order valence-electron chi connectivity index (χ1n) is 11.0. The highest BCUT2D eigenvalue weighted by Gasteiger charge is 2.19. The van der Waals surface area contributed by atoms with E-state index in [1.54, 1.807) is 6.92 Å². The lowest BCUT2D eigenvalue weighted by Gasteiger charge is -2.22. The number of aliphatic imine (C=N–C) groups is 1. The molecule has 1 aliphatic carbocycles. The molecule has 1 fully saturated rings. The lowest BCUT2D eigenvalue weighted by molar-refractivity contribution is 0.101. The molecule has 0 heterocycles. The summed E-state index contributed by atoms with van der Waals surface area (Å²) >= 11 is 0. The van der Waals surface area contributed by atoms with Gasteiger partial charge >= 0.3 is 0 Å². The van der Waals surface area contributed by atoms with Crippen LogP contribution in [0, 0.1) is 17.2 Å². The summed E-state index contributed by atoms with van der Waals surface area (Å²) in [6.45, 7) is 7.97. The predicted molar refractivity (Wildman–Crippen MR) is 123 cm³/mol. The van der Waals surface area contributed by atoms with Crippen molar-refractivity contribution in [1.29, 1.82) is 5.41 Å². The van der Waals surface area contributed by atoms with Crippen LogP contribution in [0.15, 0.2) is 41.5 Å². The van der Waals surface area contributed by atoms with Crippen LogP contribution in [0.2, 0.25) is 0 Å². The summed E-state index contributed by atoms with van der Waals surface area (Å²) in [6.07, 6.45) is 11.7. The maximum atomic E-state index is 11.4. The smallest absolute Gasteiger partial charge is 0.159 e. The first kappa shape index (κ1) is 23.1. The first-order chi connectivity index (χ1) is 13.9. The third-order valence-corrected chi connectivity index (χ3v) is 5.59. The van der Waals surface area contributed by atoms with Gasteiger partial charge in [-0.1, -0.05) is 70.4 Å². The van der Waals surface area contributed by atoms with Gasteiger partial charge in [-0.3, -0.25) is 9.79 Å². The molecular weight excluding hydrogens is 358 g/mol. The highest BCUT2D eigenvalue weighted by Crippen LogP contribution is 2.21. The Morgan fingerprint density at radius 2 is 1.83 bits per heavy atom. The minimum atomic E-state index is -0.0229. The Hall–Kier alpha value is -2.23. The maximum absolute atomic E-state index is 11.4. The summed E-state index contributed by atoms with van der Waals surface area (Å²) in [4.78, 5) is 16.4. The van der Waals surface area contributed by atoms with E-state index in [-0.39, 0.29) is 11.7 Å². The number of ketones is 1. The number of hydrogen-bond acceptors (Lipinski definition) is 3. The number of nitrogens with one attached hydrogen (secondary N) is 2. The van der Waals surface area contributed by atoms with Gasteiger partial charge in [-0.05, 0) is 50.3 Å². The molecular formula is C25H37N3O. The van der Waals surface area contributed by atoms with Crippen molar-refractivity contribution >= 4 is 17.3 Å². The largest absolute Gasteiger partial charge is 0.350 e. The standard InChI is InChI=1S/C25H37N3O/c1-18(2)16-17-27-25(28-23-8-6-5-7-9-23)19(3)24(26)15-12-21-10-13-22(14-11-21)20(4)29/h10-11,13-14,16-19,23,26H,5-9,12,15H2,1-4H3,(H,27,28)/b17-16-,26-24?. The molecule has 0 aliphatic heterocycles. The molecule has 158 valence electrons. The van der Waals surface area contributed by atoms with E-state index in [2.05, 4.69) is 32.2 Å². The van der Waals surface area contributed by atoms with Crippen LogP contribution in [0.1, 0.15) is 82.1 Å². The van der Waals surface area contributed by atoms with Gasteiger partial charge in [0.15, 0.2) is 5.78 Å². The van der Waals surface area contributed by atoms with Crippen LogP contribution in [-0.2, 0) is 6.42 Å². The number of benzene rings is 1. The molecule has 0 bridgehead atoms. The Morgan fingerprint density at radius 3 is 2.41 bits per heavy atom. The van der Waals surface area contributed by atoms with Crippen molar-refractivity contribution in [3.05, 3.63) is 47.7 Å². The number of aryl methyl sites for hydroxylation is 1. The quantitative estimate of drug-likeness (QED) is 0.307. The second-order valence-electron chi connectivity index (χ2n) is 8.55. The molecule has 29 heavy (non-hydrogen) atoms. The van der Waals surface area contributed by atoms with E-state index in [0.29, 0.717) is 24.1 Å². The zero-order chi connectivity index (χ0) is 21.2. The zero-order valence-corrected chi connectivity index (χ0v) is 18.5. The van der Waals surface area contributed by atoms with Crippen LogP contribution < -0.4 is 5.32 Å². The Labute approximate surface area is 176 Å². The Kier molecular flexibility index (Phi) is 9.30. The highest BCUT2D eigenvalue weighted by molar-refractivity contribution is 6.05. The molecule has 0 amide bonds. The molecule has 1 saturated carbocycles. The SMILES string of the molecule is CC(=O)c1ccc(CCC(=N)C(C)C(=NC2CCCCC2)N/C=C\C(C)C)cc1. The van der Waals surface area contributed by atoms with E-state index in [1.807, 2.05) is 30.5 Å². The molecule has 1 aliphatic rings. The molecule has 4 nitrogen and oxygen atoms in total. The molecule has 0 radical (unpaired) electrons. The van der Waals surface area contributed by atoms with Crippen LogP contribution in [0.5, 0.6) is 0 Å². The van der Waals surface area contributed by atoms with Gasteiger partial charge < -0.3 is 10.7 Å². The first-order valence-corrected chi connectivity index (χ1v) is 11.0. The van der Waals surface area contributed by atoms with Crippen molar-refractivity contribution in [2.45, 2.75) is 78.7 Å². The van der Waals surface area contributed by atoms with Gasteiger partial charge in [0.2, 0.25) is 0 Å². The fourth-order valence-corrected chi connectivity index (χ4v) is 3.57. The Morgan fingerprint density at radius 1 is 1.17 bits per heavy atom. The summed E-state index contributed by atoms with van der Waals surface area (Å²) in [7, 11) is 0. The van der Waals surface area contributed by atoms with Gasteiger partial charge in [0, 0.05) is 11.3 Å². The number of nitrogens with zero attached hydrogens (tertiary/aromatic N) is 1. The molecule has 1 aromatic carbocycles. The van der Waals surface area contributed by atoms with Gasteiger partial charge in [-0.25, -0.2) is 0 Å². The van der Waals surface area contributed by atoms with Crippen LogP contribution >= 0.6 is 0 Å². The second kappa shape index (κ2) is 11.7. The molecule has 2 rings (SSSR count). The van der Waals surface area contributed by atoms with Crippen LogP contribution in [0.3, 0.4) is 0 Å². The van der Waals surface area contributed by atoms with E-state index in [9.17, 15) is 4.79 Å². The van der Waals surface area contributed by atoms with Crippen LogP contribution in [0.25, 0.3) is 0 Å². The lowest BCUT2D eigenvalue weighted by Crippen LogP contribution is -2.32. The number of allylic oxidation sites excluding steroid dienone is 1. The minimum absolute atomic E-state index is 0.0229. The van der Waals surface area contributed by atoms with Crippen molar-refractivity contribution in [2.75, 3.05) is 0 Å². The third kappa shape index (κ3) is 7.96. The molecule has 0 saturated heterocycles. The summed E-state index contributed by atoms with van der Waals surface area (Å²) in [5.74, 6) is 1.46. The average molecular weight is 396 g/mol. The molecule has 1 aromatic rings. The molecule has 4 heteroatoms. The van der Waals surface area contributed by atoms with E-state index < -0.39 is 0 Å². The number of amidine groups is 1. The van der Waals surface area contributed by atoms with Gasteiger partial charge in [-0.15, -0.1) is 0 Å². The van der Waals surface area contributed by atoms with Gasteiger partial charge in [0.1, 0.15) is 5.84 Å². The molecule has 0 spiro atoms. The van der Waals surface area contributed by atoms with Gasteiger partial charge in [0.05, 0.1) is 12.0 Å². The maximum Gasteiger partial charge on any atom is 0.159 e. The van der Waals surface area contributed by atoms with Crippen molar-refractivity contribution in [3.63, 3.8) is 0 Å². The molecule has 1 atom stereocenters. The summed E-state index contributed by atoms with van der Waals surface area (Å²) in [6, 6.07) is 8.12. The van der Waals surface area contributed by atoms with Crippen molar-refractivity contribution < 1.29 is 4.79 Å². The van der Waals surface area contributed by atoms with Crippen LogP contribution in [0.4, 0.5) is 0 Å². The summed E-state index contributed by atoms with van der Waals surface area (Å²) < 4.78 is 0. The van der Waals surface area contributed by atoms with Crippen molar-refractivity contribution in [1.82, 2.24) is 5.32 Å². The van der Waals surface area contributed by atoms with Gasteiger partial charge in [-0.2, -0.15) is 0 Å². The molecule has 1 unspecified atom stereocenters. The number of carbonyl (C=O) groups is 1. The zero-order valence-electron chi connectivity index (χ0n) is 18.5. The minimum Gasteiger partial charge on any atom is -0.350 e. The molecule has 0 aromatic heterocycles.